The number of piperidine rings is 1. The number of amides is 1. The summed E-state index contributed by atoms with van der Waals surface area (Å²) in [6.07, 6.45) is 8.89. The number of carbonyl (C=O) groups excluding carboxylic acids is 2. The summed E-state index contributed by atoms with van der Waals surface area (Å²) >= 11 is 1.66. The van der Waals surface area contributed by atoms with Crippen LogP contribution in [-0.4, -0.2) is 39.6 Å². The summed E-state index contributed by atoms with van der Waals surface area (Å²) in [5.41, 5.74) is 3.01. The molecule has 4 heterocycles. The number of pyridine rings is 1. The number of rotatable bonds is 4. The highest BCUT2D eigenvalue weighted by atomic mass is 32.2. The van der Waals surface area contributed by atoms with Gasteiger partial charge in [0.1, 0.15) is 18.0 Å². The van der Waals surface area contributed by atoms with E-state index in [0.29, 0.717) is 24.3 Å². The van der Waals surface area contributed by atoms with Crippen molar-refractivity contribution in [1.82, 2.24) is 9.58 Å². The van der Waals surface area contributed by atoms with Gasteiger partial charge in [-0.25, -0.2) is 4.39 Å². The number of esters is 1. The second kappa shape index (κ2) is 11.7. The Balaban J connectivity index is 0.00000343. The van der Waals surface area contributed by atoms with Crippen molar-refractivity contribution in [2.75, 3.05) is 11.6 Å². The minimum absolute atomic E-state index is 0. The summed E-state index contributed by atoms with van der Waals surface area (Å²) in [4.78, 5) is 43.3. The molecule has 228 valence electrons. The summed E-state index contributed by atoms with van der Waals surface area (Å²) in [6.45, 7) is 4.19. The van der Waals surface area contributed by atoms with E-state index in [4.69, 9.17) is 4.74 Å². The molecule has 3 aliphatic heterocycles. The molecular weight excluding hydrogens is 581 g/mol. The highest BCUT2D eigenvalue weighted by Crippen LogP contribution is 2.48. The van der Waals surface area contributed by atoms with Crippen LogP contribution in [0.3, 0.4) is 0 Å². The molecule has 8 nitrogen and oxygen atoms in total. The van der Waals surface area contributed by atoms with Crippen LogP contribution >= 0.6 is 11.8 Å². The molecule has 2 N–H and O–H groups in total. The number of aromatic nitrogens is 1. The fourth-order valence-electron chi connectivity index (χ4n) is 6.88. The summed E-state index contributed by atoms with van der Waals surface area (Å²) in [5, 5.41) is 2.05. The zero-order valence-corrected chi connectivity index (χ0v) is 25.4. The minimum Gasteiger partial charge on any atom is -0.420 e. The predicted octanol–water partition coefficient (Wildman–Crippen LogP) is 5.14. The van der Waals surface area contributed by atoms with Crippen LogP contribution in [0.5, 0.6) is 5.75 Å². The molecule has 1 amide bonds. The first kappa shape index (κ1) is 29.9. The summed E-state index contributed by atoms with van der Waals surface area (Å²) in [6, 6.07) is 13.9. The van der Waals surface area contributed by atoms with Crippen molar-refractivity contribution in [3.63, 3.8) is 0 Å². The van der Waals surface area contributed by atoms with E-state index in [2.05, 4.69) is 23.2 Å². The molecule has 0 radical (unpaired) electrons. The molecule has 0 saturated carbocycles. The standard InChI is InChI=1S/C34H32FN3O4S.H2O/c1-20(2)18-28(40)42-32-26(39)15-17-37-31(32)34(41)36-16-14-21-8-3-4-10-23(21)33(36)38(37)30-24-11-5-6-13-27(24)43-19-22-9-7-12-25(35)29(22)30;/h3-9,11-13,15,17,20,23,30,33H,10,14,16,18-19H2,1-2H3;1H2/t23-,30+,33+;/m0./s1. The van der Waals surface area contributed by atoms with Gasteiger partial charge < -0.3 is 15.1 Å². The summed E-state index contributed by atoms with van der Waals surface area (Å²) < 4.78 is 23.5. The van der Waals surface area contributed by atoms with Gasteiger partial charge >= 0.3 is 5.97 Å². The SMILES string of the molecule is CC(C)CC(=O)Oc1c2n(ccc1=O)N([C@@H]1c3ccccc3SCc3cccc(F)c31)[C@@H]1[C@H]3CC=CC=C3CCN1C2=O.O. The molecule has 1 aromatic heterocycles. The highest BCUT2D eigenvalue weighted by Gasteiger charge is 2.50. The fraction of sp³-hybridized carbons (Fsp3) is 0.324. The van der Waals surface area contributed by atoms with E-state index in [1.54, 1.807) is 33.6 Å². The number of hydrogen-bond donors (Lipinski definition) is 0. The summed E-state index contributed by atoms with van der Waals surface area (Å²) in [5.74, 6) is -0.991. The predicted molar refractivity (Wildman–Crippen MR) is 167 cm³/mol. The number of allylic oxidation sites excluding steroid dienone is 3. The Bertz CT molecular complexity index is 1770. The van der Waals surface area contributed by atoms with Gasteiger partial charge in [-0.05, 0) is 42.0 Å². The van der Waals surface area contributed by atoms with Crippen LogP contribution in [0.4, 0.5) is 4.39 Å². The Morgan fingerprint density at radius 2 is 1.93 bits per heavy atom. The first-order valence-corrected chi connectivity index (χ1v) is 15.7. The second-order valence-corrected chi connectivity index (χ2v) is 12.9. The maximum Gasteiger partial charge on any atom is 0.311 e. The first-order valence-electron chi connectivity index (χ1n) is 14.7. The molecule has 1 saturated heterocycles. The first-order chi connectivity index (χ1) is 20.8. The molecule has 10 heteroatoms. The van der Waals surface area contributed by atoms with Gasteiger partial charge in [-0.15, -0.1) is 11.8 Å². The van der Waals surface area contributed by atoms with Crippen molar-refractivity contribution in [2.24, 2.45) is 11.8 Å². The van der Waals surface area contributed by atoms with Crippen LogP contribution in [0.1, 0.15) is 66.3 Å². The third-order valence-electron chi connectivity index (χ3n) is 8.72. The minimum atomic E-state index is -0.631. The maximum absolute atomic E-state index is 16.1. The number of carbonyl (C=O) groups is 2. The lowest BCUT2D eigenvalue weighted by Gasteiger charge is -2.55. The van der Waals surface area contributed by atoms with Crippen LogP contribution in [0.2, 0.25) is 0 Å². The molecule has 1 fully saturated rings. The van der Waals surface area contributed by atoms with E-state index >= 15 is 4.39 Å². The maximum atomic E-state index is 16.1. The molecule has 3 aromatic rings. The number of fused-ring (bicyclic) bond motifs is 6. The van der Waals surface area contributed by atoms with Crippen LogP contribution in [0.25, 0.3) is 0 Å². The number of thioether (sulfide) groups is 1. The molecule has 0 bridgehead atoms. The lowest BCUT2D eigenvalue weighted by molar-refractivity contribution is -0.135. The van der Waals surface area contributed by atoms with Crippen molar-refractivity contribution < 1.29 is 24.2 Å². The van der Waals surface area contributed by atoms with Crippen molar-refractivity contribution >= 4 is 23.6 Å². The van der Waals surface area contributed by atoms with E-state index in [9.17, 15) is 14.4 Å². The molecule has 1 aliphatic carbocycles. The van der Waals surface area contributed by atoms with Crippen molar-refractivity contribution in [3.8, 4) is 5.75 Å². The smallest absolute Gasteiger partial charge is 0.311 e. The molecule has 3 atom stereocenters. The third kappa shape index (κ3) is 4.86. The zero-order valence-electron chi connectivity index (χ0n) is 24.5. The number of halogens is 1. The van der Waals surface area contributed by atoms with E-state index < -0.39 is 23.6 Å². The Kier molecular flexibility index (Phi) is 7.98. The van der Waals surface area contributed by atoms with Crippen LogP contribution in [0.15, 0.2) is 88.2 Å². The topological polar surface area (TPSA) is 103 Å². The Hall–Kier alpha value is -4.15. The van der Waals surface area contributed by atoms with Gasteiger partial charge in [0.2, 0.25) is 11.2 Å². The lowest BCUT2D eigenvalue weighted by Crippen LogP contribution is -2.67. The second-order valence-electron chi connectivity index (χ2n) is 11.9. The Morgan fingerprint density at radius 1 is 1.11 bits per heavy atom. The van der Waals surface area contributed by atoms with Crippen molar-refractivity contribution in [3.05, 3.63) is 117 Å². The van der Waals surface area contributed by atoms with Gasteiger partial charge in [0.05, 0.1) is 0 Å². The van der Waals surface area contributed by atoms with E-state index in [0.717, 1.165) is 22.4 Å². The monoisotopic (exact) mass is 615 g/mol. The average molecular weight is 616 g/mol. The molecule has 2 aromatic carbocycles. The normalized spacial score (nSPS) is 21.6. The highest BCUT2D eigenvalue weighted by molar-refractivity contribution is 7.98. The van der Waals surface area contributed by atoms with Crippen molar-refractivity contribution in [2.45, 2.75) is 56.0 Å². The van der Waals surface area contributed by atoms with Gasteiger partial charge in [-0.3, -0.25) is 24.1 Å². The zero-order chi connectivity index (χ0) is 29.8. The lowest BCUT2D eigenvalue weighted by atomic mass is 9.81. The number of ether oxygens (including phenoxy) is 1. The van der Waals surface area contributed by atoms with Crippen LogP contribution in [-0.2, 0) is 10.5 Å². The Labute approximate surface area is 259 Å². The molecule has 4 aliphatic rings. The average Bonchev–Trinajstić information content (AvgIpc) is 3.16. The van der Waals surface area contributed by atoms with Gasteiger partial charge in [-0.2, -0.15) is 0 Å². The number of benzene rings is 2. The summed E-state index contributed by atoms with van der Waals surface area (Å²) in [7, 11) is 0. The van der Waals surface area contributed by atoms with E-state index in [1.807, 2.05) is 44.2 Å². The molecule has 7 rings (SSSR count). The van der Waals surface area contributed by atoms with E-state index in [1.165, 1.54) is 17.7 Å². The number of nitrogens with zero attached hydrogens (tertiary/aromatic N) is 3. The quantitative estimate of drug-likeness (QED) is 0.377. The van der Waals surface area contributed by atoms with Crippen molar-refractivity contribution in [1.29, 1.82) is 0 Å². The van der Waals surface area contributed by atoms with Gasteiger partial charge in [0, 0.05) is 47.4 Å². The molecule has 0 spiro atoms. The van der Waals surface area contributed by atoms with Crippen LogP contribution in [0, 0.1) is 17.7 Å². The molecular formula is C34H34FN3O5S. The largest absolute Gasteiger partial charge is 0.420 e. The fourth-order valence-corrected chi connectivity index (χ4v) is 7.97. The third-order valence-corrected chi connectivity index (χ3v) is 9.86. The van der Waals surface area contributed by atoms with E-state index in [-0.39, 0.29) is 46.9 Å². The van der Waals surface area contributed by atoms with Gasteiger partial charge in [-0.1, -0.05) is 68.0 Å². The molecule has 44 heavy (non-hydrogen) atoms. The van der Waals surface area contributed by atoms with Crippen LogP contribution < -0.4 is 15.2 Å². The van der Waals surface area contributed by atoms with Gasteiger partial charge in [0.25, 0.3) is 5.91 Å². The number of hydrogen-bond acceptors (Lipinski definition) is 6. The van der Waals surface area contributed by atoms with Gasteiger partial charge in [0.15, 0.2) is 5.69 Å². The Morgan fingerprint density at radius 3 is 2.75 bits per heavy atom. The molecule has 0 unspecified atom stereocenters.